The van der Waals surface area contributed by atoms with Crippen molar-refractivity contribution in [3.8, 4) is 0 Å². The SMILES string of the molecule is CCN(CC)C1=CC[C@@H](C)C=C1. The number of allylic oxidation sites excluding steroid dienone is 3. The highest BCUT2D eigenvalue weighted by Gasteiger charge is 2.07. The van der Waals surface area contributed by atoms with Crippen LogP contribution in [-0.4, -0.2) is 18.0 Å². The van der Waals surface area contributed by atoms with Gasteiger partial charge in [0.05, 0.1) is 0 Å². The third-order valence-corrected chi connectivity index (χ3v) is 2.42. The third kappa shape index (κ3) is 2.13. The largest absolute Gasteiger partial charge is 0.372 e. The van der Waals surface area contributed by atoms with Gasteiger partial charge in [0, 0.05) is 18.8 Å². The average molecular weight is 165 g/mol. The molecule has 1 rings (SSSR count). The Morgan fingerprint density at radius 1 is 1.42 bits per heavy atom. The molecule has 0 aromatic rings. The molecule has 0 aliphatic heterocycles. The lowest BCUT2D eigenvalue weighted by Gasteiger charge is -2.24. The maximum atomic E-state index is 2.39. The van der Waals surface area contributed by atoms with Crippen molar-refractivity contribution in [3.63, 3.8) is 0 Å². The molecular formula is C11H19N. The zero-order chi connectivity index (χ0) is 8.97. The van der Waals surface area contributed by atoms with Gasteiger partial charge < -0.3 is 4.90 Å². The van der Waals surface area contributed by atoms with Gasteiger partial charge in [-0.2, -0.15) is 0 Å². The van der Waals surface area contributed by atoms with E-state index in [0.29, 0.717) is 0 Å². The van der Waals surface area contributed by atoms with Crippen molar-refractivity contribution in [3.05, 3.63) is 23.9 Å². The maximum absolute atomic E-state index is 2.39. The first-order chi connectivity index (χ1) is 5.77. The van der Waals surface area contributed by atoms with Crippen molar-refractivity contribution in [1.29, 1.82) is 0 Å². The third-order valence-electron chi connectivity index (χ3n) is 2.42. The van der Waals surface area contributed by atoms with Gasteiger partial charge in [-0.3, -0.25) is 0 Å². The Morgan fingerprint density at radius 3 is 2.50 bits per heavy atom. The van der Waals surface area contributed by atoms with Crippen LogP contribution in [0.2, 0.25) is 0 Å². The van der Waals surface area contributed by atoms with Gasteiger partial charge in [-0.05, 0) is 32.3 Å². The molecule has 0 aromatic carbocycles. The van der Waals surface area contributed by atoms with E-state index in [9.17, 15) is 0 Å². The summed E-state index contributed by atoms with van der Waals surface area (Å²) in [7, 11) is 0. The standard InChI is InChI=1S/C11H19N/c1-4-12(5-2)11-8-6-10(3)7-9-11/h6,8-10H,4-5,7H2,1-3H3/t10-/m0/s1. The van der Waals surface area contributed by atoms with E-state index in [1.54, 1.807) is 0 Å². The summed E-state index contributed by atoms with van der Waals surface area (Å²) in [5, 5.41) is 0. The van der Waals surface area contributed by atoms with E-state index in [1.807, 2.05) is 0 Å². The van der Waals surface area contributed by atoms with Crippen molar-refractivity contribution in [1.82, 2.24) is 4.90 Å². The molecule has 1 aliphatic rings. The Kier molecular flexibility index (Phi) is 3.39. The second kappa shape index (κ2) is 4.34. The van der Waals surface area contributed by atoms with Crippen LogP contribution in [0.5, 0.6) is 0 Å². The molecule has 0 amide bonds. The van der Waals surface area contributed by atoms with Crippen LogP contribution in [0.3, 0.4) is 0 Å². The molecule has 0 spiro atoms. The fraction of sp³-hybridized carbons (Fsp3) is 0.636. The predicted molar refractivity (Wildman–Crippen MR) is 53.9 cm³/mol. The Labute approximate surface area is 75.8 Å². The number of nitrogens with zero attached hydrogens (tertiary/aromatic N) is 1. The fourth-order valence-corrected chi connectivity index (χ4v) is 1.54. The lowest BCUT2D eigenvalue weighted by molar-refractivity contribution is 0.389. The minimum atomic E-state index is 0.726. The lowest BCUT2D eigenvalue weighted by atomic mass is 10.0. The van der Waals surface area contributed by atoms with E-state index in [-0.39, 0.29) is 0 Å². The smallest absolute Gasteiger partial charge is 0.0322 e. The summed E-state index contributed by atoms with van der Waals surface area (Å²) in [6.45, 7) is 8.89. The second-order valence-electron chi connectivity index (χ2n) is 3.37. The monoisotopic (exact) mass is 165 g/mol. The normalized spacial score (nSPS) is 22.2. The minimum absolute atomic E-state index is 0.726. The van der Waals surface area contributed by atoms with Crippen LogP contribution >= 0.6 is 0 Å². The van der Waals surface area contributed by atoms with Crippen molar-refractivity contribution in [2.24, 2.45) is 5.92 Å². The zero-order valence-corrected chi connectivity index (χ0v) is 8.38. The molecule has 0 unspecified atom stereocenters. The highest BCUT2D eigenvalue weighted by molar-refractivity contribution is 5.22. The number of likely N-dealkylation sites (N-methyl/N-ethyl adjacent to an activating group) is 1. The van der Waals surface area contributed by atoms with Gasteiger partial charge in [0.1, 0.15) is 0 Å². The summed E-state index contributed by atoms with van der Waals surface area (Å²) >= 11 is 0. The van der Waals surface area contributed by atoms with E-state index in [1.165, 1.54) is 12.1 Å². The van der Waals surface area contributed by atoms with Gasteiger partial charge in [0.2, 0.25) is 0 Å². The molecule has 0 N–H and O–H groups in total. The molecule has 0 saturated heterocycles. The first-order valence-electron chi connectivity index (χ1n) is 4.91. The topological polar surface area (TPSA) is 3.24 Å². The molecule has 0 bridgehead atoms. The van der Waals surface area contributed by atoms with Gasteiger partial charge in [0.25, 0.3) is 0 Å². The lowest BCUT2D eigenvalue weighted by Crippen LogP contribution is -2.22. The molecule has 1 aliphatic carbocycles. The van der Waals surface area contributed by atoms with Crippen molar-refractivity contribution in [2.45, 2.75) is 27.2 Å². The van der Waals surface area contributed by atoms with Gasteiger partial charge >= 0.3 is 0 Å². The predicted octanol–water partition coefficient (Wildman–Crippen LogP) is 2.81. The van der Waals surface area contributed by atoms with Crippen molar-refractivity contribution < 1.29 is 0 Å². The highest BCUT2D eigenvalue weighted by Crippen LogP contribution is 2.17. The Balaban J connectivity index is 2.58. The maximum Gasteiger partial charge on any atom is 0.0322 e. The molecule has 0 fully saturated rings. The Morgan fingerprint density at radius 2 is 2.08 bits per heavy atom. The Hall–Kier alpha value is -0.720. The summed E-state index contributed by atoms with van der Waals surface area (Å²) in [5.74, 6) is 0.726. The molecule has 12 heavy (non-hydrogen) atoms. The molecule has 0 heterocycles. The zero-order valence-electron chi connectivity index (χ0n) is 8.38. The first kappa shape index (κ1) is 9.37. The van der Waals surface area contributed by atoms with Crippen LogP contribution in [0.1, 0.15) is 27.2 Å². The van der Waals surface area contributed by atoms with Crippen LogP contribution in [0.4, 0.5) is 0 Å². The minimum Gasteiger partial charge on any atom is -0.372 e. The van der Waals surface area contributed by atoms with Gasteiger partial charge in [-0.15, -0.1) is 0 Å². The molecule has 1 nitrogen and oxygen atoms in total. The van der Waals surface area contributed by atoms with Crippen molar-refractivity contribution in [2.75, 3.05) is 13.1 Å². The molecule has 1 atom stereocenters. The molecule has 68 valence electrons. The fourth-order valence-electron chi connectivity index (χ4n) is 1.54. The van der Waals surface area contributed by atoms with Crippen molar-refractivity contribution >= 4 is 0 Å². The van der Waals surface area contributed by atoms with E-state index in [2.05, 4.69) is 43.9 Å². The van der Waals surface area contributed by atoms with Gasteiger partial charge in [-0.25, -0.2) is 0 Å². The van der Waals surface area contributed by atoms with Gasteiger partial charge in [0.15, 0.2) is 0 Å². The van der Waals surface area contributed by atoms with Crippen LogP contribution in [-0.2, 0) is 0 Å². The summed E-state index contributed by atoms with van der Waals surface area (Å²) in [5.41, 5.74) is 1.40. The number of rotatable bonds is 3. The van der Waals surface area contributed by atoms with E-state index < -0.39 is 0 Å². The highest BCUT2D eigenvalue weighted by atomic mass is 15.1. The molecule has 0 aromatic heterocycles. The van der Waals surface area contributed by atoms with Crippen LogP contribution in [0.15, 0.2) is 23.9 Å². The first-order valence-corrected chi connectivity index (χ1v) is 4.91. The molecular weight excluding hydrogens is 146 g/mol. The second-order valence-corrected chi connectivity index (χ2v) is 3.37. The Bertz CT molecular complexity index is 187. The average Bonchev–Trinajstić information content (AvgIpc) is 2.10. The van der Waals surface area contributed by atoms with E-state index >= 15 is 0 Å². The summed E-state index contributed by atoms with van der Waals surface area (Å²) in [4.78, 5) is 2.39. The van der Waals surface area contributed by atoms with E-state index in [0.717, 1.165) is 19.0 Å². The molecule has 1 heteroatoms. The summed E-state index contributed by atoms with van der Waals surface area (Å²) in [6.07, 6.45) is 8.09. The summed E-state index contributed by atoms with van der Waals surface area (Å²) in [6, 6.07) is 0. The van der Waals surface area contributed by atoms with Crippen LogP contribution in [0, 0.1) is 5.92 Å². The quantitative estimate of drug-likeness (QED) is 0.621. The molecule has 0 radical (unpaired) electrons. The van der Waals surface area contributed by atoms with E-state index in [4.69, 9.17) is 0 Å². The van der Waals surface area contributed by atoms with Gasteiger partial charge in [-0.1, -0.05) is 19.1 Å². The molecule has 0 saturated carbocycles. The van der Waals surface area contributed by atoms with Crippen LogP contribution < -0.4 is 0 Å². The number of hydrogen-bond acceptors (Lipinski definition) is 1. The number of hydrogen-bond donors (Lipinski definition) is 0. The summed E-state index contributed by atoms with van der Waals surface area (Å²) < 4.78 is 0. The van der Waals surface area contributed by atoms with Crippen LogP contribution in [0.25, 0.3) is 0 Å².